The quantitative estimate of drug-likeness (QED) is 0.814. The molecule has 0 fully saturated rings. The summed E-state index contributed by atoms with van der Waals surface area (Å²) in [7, 11) is 0. The van der Waals surface area contributed by atoms with Crippen LogP contribution >= 0.6 is 34.5 Å². The summed E-state index contributed by atoms with van der Waals surface area (Å²) in [4.78, 5) is 0. The first-order chi connectivity index (χ1) is 8.80. The van der Waals surface area contributed by atoms with Crippen LogP contribution in [0, 0.1) is 0 Å². The van der Waals surface area contributed by atoms with E-state index >= 15 is 0 Å². The standard InChI is InChI=1S/C12H8Cl2F3NS/c13-9-5-7(11(14)19-9)10(18)6-3-1-2-4-8(6)12(15,16)17/h1-5,10H,18H2. The zero-order valence-electron chi connectivity index (χ0n) is 9.34. The molecule has 7 heteroatoms. The molecule has 1 aromatic heterocycles. The molecule has 0 spiro atoms. The van der Waals surface area contributed by atoms with Crippen molar-refractivity contribution in [1.82, 2.24) is 0 Å². The first-order valence-corrected chi connectivity index (χ1v) is 6.74. The first-order valence-electron chi connectivity index (χ1n) is 5.17. The van der Waals surface area contributed by atoms with Crippen LogP contribution in [-0.4, -0.2) is 0 Å². The molecule has 1 nitrogen and oxygen atoms in total. The van der Waals surface area contributed by atoms with E-state index < -0.39 is 17.8 Å². The fraction of sp³-hybridized carbons (Fsp3) is 0.167. The molecule has 2 aromatic rings. The third-order valence-corrected chi connectivity index (χ3v) is 4.14. The van der Waals surface area contributed by atoms with Crippen LogP contribution < -0.4 is 5.73 Å². The van der Waals surface area contributed by atoms with Crippen LogP contribution in [0.4, 0.5) is 13.2 Å². The van der Waals surface area contributed by atoms with Crippen LogP contribution in [0.25, 0.3) is 0 Å². The van der Waals surface area contributed by atoms with Gasteiger partial charge in [-0.3, -0.25) is 0 Å². The minimum absolute atomic E-state index is 0.0219. The normalized spacial score (nSPS) is 13.6. The molecule has 1 aromatic carbocycles. The average Bonchev–Trinajstić information content (AvgIpc) is 2.66. The third kappa shape index (κ3) is 3.05. The molecule has 19 heavy (non-hydrogen) atoms. The Balaban J connectivity index is 2.50. The molecule has 0 saturated carbocycles. The molecular formula is C12H8Cl2F3NS. The lowest BCUT2D eigenvalue weighted by molar-refractivity contribution is -0.138. The summed E-state index contributed by atoms with van der Waals surface area (Å²) in [6, 6.07) is 5.70. The van der Waals surface area contributed by atoms with E-state index in [0.29, 0.717) is 14.2 Å². The van der Waals surface area contributed by atoms with Gasteiger partial charge < -0.3 is 5.73 Å². The van der Waals surface area contributed by atoms with Crippen LogP contribution in [0.5, 0.6) is 0 Å². The number of alkyl halides is 3. The second-order valence-corrected chi connectivity index (χ2v) is 6.13. The molecule has 0 aliphatic carbocycles. The number of hydrogen-bond acceptors (Lipinski definition) is 2. The topological polar surface area (TPSA) is 26.0 Å². The lowest BCUT2D eigenvalue weighted by atomic mass is 9.96. The lowest BCUT2D eigenvalue weighted by Crippen LogP contribution is -2.18. The van der Waals surface area contributed by atoms with Crippen LogP contribution in [0.2, 0.25) is 8.67 Å². The van der Waals surface area contributed by atoms with Crippen molar-refractivity contribution in [2.24, 2.45) is 5.73 Å². The number of benzene rings is 1. The maximum atomic E-state index is 12.9. The largest absolute Gasteiger partial charge is 0.416 e. The maximum absolute atomic E-state index is 12.9. The molecule has 0 radical (unpaired) electrons. The van der Waals surface area contributed by atoms with Gasteiger partial charge in [0.1, 0.15) is 0 Å². The van der Waals surface area contributed by atoms with Gasteiger partial charge in [-0.15, -0.1) is 11.3 Å². The lowest BCUT2D eigenvalue weighted by Gasteiger charge is -2.17. The van der Waals surface area contributed by atoms with E-state index in [1.807, 2.05) is 0 Å². The average molecular weight is 326 g/mol. The van der Waals surface area contributed by atoms with Crippen LogP contribution in [0.3, 0.4) is 0 Å². The van der Waals surface area contributed by atoms with Crippen molar-refractivity contribution in [3.8, 4) is 0 Å². The van der Waals surface area contributed by atoms with Crippen molar-refractivity contribution in [3.05, 3.63) is 55.7 Å². The van der Waals surface area contributed by atoms with Gasteiger partial charge in [-0.25, -0.2) is 0 Å². The molecule has 2 N–H and O–H groups in total. The summed E-state index contributed by atoms with van der Waals surface area (Å²) >= 11 is 12.8. The number of rotatable bonds is 2. The highest BCUT2D eigenvalue weighted by Gasteiger charge is 2.35. The summed E-state index contributed by atoms with van der Waals surface area (Å²) in [5, 5.41) is 0. The molecule has 102 valence electrons. The number of halogens is 5. The number of nitrogens with two attached hydrogens (primary N) is 1. The molecular weight excluding hydrogens is 318 g/mol. The van der Waals surface area contributed by atoms with Crippen LogP contribution in [0.1, 0.15) is 22.7 Å². The molecule has 0 bridgehead atoms. The molecule has 1 atom stereocenters. The van der Waals surface area contributed by atoms with Gasteiger partial charge in [-0.2, -0.15) is 13.2 Å². The second kappa shape index (κ2) is 5.32. The second-order valence-electron chi connectivity index (χ2n) is 3.84. The summed E-state index contributed by atoms with van der Waals surface area (Å²) in [6.45, 7) is 0. The first kappa shape index (κ1) is 14.7. The van der Waals surface area contributed by atoms with E-state index in [9.17, 15) is 13.2 Å². The van der Waals surface area contributed by atoms with E-state index in [1.54, 1.807) is 0 Å². The maximum Gasteiger partial charge on any atom is 0.416 e. The Morgan fingerprint density at radius 2 is 1.74 bits per heavy atom. The van der Waals surface area contributed by atoms with Crippen molar-refractivity contribution in [2.45, 2.75) is 12.2 Å². The van der Waals surface area contributed by atoms with E-state index in [4.69, 9.17) is 28.9 Å². The Bertz CT molecular complexity index is 595. The SMILES string of the molecule is NC(c1ccccc1C(F)(F)F)c1cc(Cl)sc1Cl. The molecule has 0 saturated heterocycles. The van der Waals surface area contributed by atoms with E-state index in [2.05, 4.69) is 0 Å². The van der Waals surface area contributed by atoms with Gasteiger partial charge >= 0.3 is 6.18 Å². The van der Waals surface area contributed by atoms with Crippen molar-refractivity contribution in [2.75, 3.05) is 0 Å². The highest BCUT2D eigenvalue weighted by molar-refractivity contribution is 7.20. The van der Waals surface area contributed by atoms with Crippen molar-refractivity contribution in [1.29, 1.82) is 0 Å². The number of thiophene rings is 1. The summed E-state index contributed by atoms with van der Waals surface area (Å²) in [5.41, 5.74) is 5.50. The smallest absolute Gasteiger partial charge is 0.320 e. The van der Waals surface area contributed by atoms with Gasteiger partial charge in [-0.05, 0) is 17.7 Å². The van der Waals surface area contributed by atoms with Gasteiger partial charge in [0.25, 0.3) is 0 Å². The van der Waals surface area contributed by atoms with E-state index in [-0.39, 0.29) is 5.56 Å². The Hall–Kier alpha value is -0.750. The fourth-order valence-corrected chi connectivity index (χ4v) is 3.31. The zero-order chi connectivity index (χ0) is 14.2. The van der Waals surface area contributed by atoms with Crippen molar-refractivity contribution < 1.29 is 13.2 Å². The number of hydrogen-bond donors (Lipinski definition) is 1. The summed E-state index contributed by atoms with van der Waals surface area (Å²) < 4.78 is 39.4. The Labute approximate surface area is 121 Å². The van der Waals surface area contributed by atoms with Crippen LogP contribution in [-0.2, 0) is 6.18 Å². The third-order valence-electron chi connectivity index (χ3n) is 2.62. The Morgan fingerprint density at radius 1 is 1.11 bits per heavy atom. The van der Waals surface area contributed by atoms with Gasteiger partial charge in [0.2, 0.25) is 0 Å². The molecule has 2 rings (SSSR count). The highest BCUT2D eigenvalue weighted by Crippen LogP contribution is 2.40. The van der Waals surface area contributed by atoms with Gasteiger partial charge in [0.15, 0.2) is 0 Å². The molecule has 0 aliphatic heterocycles. The van der Waals surface area contributed by atoms with Gasteiger partial charge in [0.05, 0.1) is 20.3 Å². The molecule has 0 aliphatic rings. The highest BCUT2D eigenvalue weighted by atomic mass is 35.5. The van der Waals surface area contributed by atoms with Crippen molar-refractivity contribution in [3.63, 3.8) is 0 Å². The predicted octanol–water partition coefficient (Wildman–Crippen LogP) is 5.12. The zero-order valence-corrected chi connectivity index (χ0v) is 11.7. The summed E-state index contributed by atoms with van der Waals surface area (Å²) in [5.74, 6) is 0. The van der Waals surface area contributed by atoms with E-state index in [1.165, 1.54) is 24.3 Å². The molecule has 0 amide bonds. The van der Waals surface area contributed by atoms with Gasteiger partial charge in [0, 0.05) is 5.56 Å². The van der Waals surface area contributed by atoms with Crippen LogP contribution in [0.15, 0.2) is 30.3 Å². The van der Waals surface area contributed by atoms with Gasteiger partial charge in [-0.1, -0.05) is 41.4 Å². The monoisotopic (exact) mass is 325 g/mol. The Morgan fingerprint density at radius 3 is 2.26 bits per heavy atom. The molecule has 1 unspecified atom stereocenters. The molecule has 1 heterocycles. The predicted molar refractivity (Wildman–Crippen MR) is 71.8 cm³/mol. The van der Waals surface area contributed by atoms with E-state index in [0.717, 1.165) is 17.4 Å². The minimum atomic E-state index is -4.46. The summed E-state index contributed by atoms with van der Waals surface area (Å²) in [6.07, 6.45) is -4.46. The Kier molecular flexibility index (Phi) is 4.11. The minimum Gasteiger partial charge on any atom is -0.320 e. The fourth-order valence-electron chi connectivity index (χ4n) is 1.76. The van der Waals surface area contributed by atoms with Crippen molar-refractivity contribution >= 4 is 34.5 Å².